The molecule has 0 bridgehead atoms. The van der Waals surface area contributed by atoms with Gasteiger partial charge in [-0.3, -0.25) is 9.69 Å². The lowest BCUT2D eigenvalue weighted by atomic mass is 10.3. The Hall–Kier alpha value is -1.36. The molecule has 0 saturated carbocycles. The average Bonchev–Trinajstić information content (AvgIpc) is 2.42. The molecule has 96 valence electrons. The smallest absolute Gasteiger partial charge is 0.330 e. The summed E-state index contributed by atoms with van der Waals surface area (Å²) in [5.74, 6) is -0.196. The van der Waals surface area contributed by atoms with E-state index in [4.69, 9.17) is 4.74 Å². The third-order valence-corrected chi connectivity index (χ3v) is 2.66. The van der Waals surface area contributed by atoms with Crippen molar-refractivity contribution in [3.05, 3.63) is 12.2 Å². The summed E-state index contributed by atoms with van der Waals surface area (Å²) in [6.45, 7) is 4.87. The van der Waals surface area contributed by atoms with E-state index < -0.39 is 0 Å². The first kappa shape index (κ1) is 13.7. The lowest BCUT2D eigenvalue weighted by Gasteiger charge is -2.16. The Bertz CT molecular complexity index is 302. The zero-order valence-electron chi connectivity index (χ0n) is 10.5. The van der Waals surface area contributed by atoms with Crippen LogP contribution in [0.1, 0.15) is 13.3 Å². The number of ether oxygens (including phenoxy) is 1. The Kier molecular flexibility index (Phi) is 5.69. The number of esters is 1. The number of likely N-dealkylation sites (N-methyl/N-ethyl adjacent to an activating group) is 1. The molecule has 1 fully saturated rings. The first-order valence-corrected chi connectivity index (χ1v) is 5.93. The summed E-state index contributed by atoms with van der Waals surface area (Å²) in [6.07, 6.45) is 4.13. The van der Waals surface area contributed by atoms with Gasteiger partial charge >= 0.3 is 5.97 Å². The first-order valence-electron chi connectivity index (χ1n) is 5.93. The van der Waals surface area contributed by atoms with Gasteiger partial charge in [-0.2, -0.15) is 0 Å². The maximum Gasteiger partial charge on any atom is 0.330 e. The fourth-order valence-electron chi connectivity index (χ4n) is 1.69. The largest absolute Gasteiger partial charge is 0.463 e. The van der Waals surface area contributed by atoms with Gasteiger partial charge in [-0.1, -0.05) is 6.08 Å². The fourth-order valence-corrected chi connectivity index (χ4v) is 1.69. The monoisotopic (exact) mass is 240 g/mol. The zero-order valence-corrected chi connectivity index (χ0v) is 10.5. The second kappa shape index (κ2) is 7.06. The molecule has 1 amide bonds. The van der Waals surface area contributed by atoms with Crippen molar-refractivity contribution in [1.82, 2.24) is 9.80 Å². The predicted octanol–water partition coefficient (Wildman–Crippen LogP) is 0.270. The predicted molar refractivity (Wildman–Crippen MR) is 64.5 cm³/mol. The van der Waals surface area contributed by atoms with E-state index in [1.165, 1.54) is 6.08 Å². The van der Waals surface area contributed by atoms with Crippen LogP contribution in [0.25, 0.3) is 0 Å². The highest BCUT2D eigenvalue weighted by atomic mass is 16.5. The summed E-state index contributed by atoms with van der Waals surface area (Å²) in [6, 6.07) is 0. The lowest BCUT2D eigenvalue weighted by Crippen LogP contribution is -2.34. The van der Waals surface area contributed by atoms with Gasteiger partial charge in [-0.15, -0.1) is 0 Å². The van der Waals surface area contributed by atoms with Crippen LogP contribution < -0.4 is 0 Å². The normalized spacial score (nSPS) is 18.5. The first-order chi connectivity index (χ1) is 8.13. The van der Waals surface area contributed by atoms with Gasteiger partial charge in [-0.25, -0.2) is 4.79 Å². The maximum absolute atomic E-state index is 11.6. The van der Waals surface area contributed by atoms with Crippen LogP contribution in [-0.4, -0.2) is 61.5 Å². The molecule has 1 aliphatic rings. The summed E-state index contributed by atoms with van der Waals surface area (Å²) in [5, 5.41) is 0. The Labute approximate surface area is 102 Å². The molecule has 0 radical (unpaired) electrons. The Balaban J connectivity index is 2.36. The van der Waals surface area contributed by atoms with Crippen LogP contribution in [0, 0.1) is 0 Å². The molecular weight excluding hydrogens is 220 g/mol. The van der Waals surface area contributed by atoms with E-state index in [1.807, 2.05) is 11.9 Å². The van der Waals surface area contributed by atoms with E-state index in [2.05, 4.69) is 0 Å². The van der Waals surface area contributed by atoms with E-state index in [0.29, 0.717) is 19.7 Å². The molecule has 0 aromatic heterocycles. The number of hydrogen-bond acceptors (Lipinski definition) is 4. The van der Waals surface area contributed by atoms with Crippen molar-refractivity contribution in [2.75, 3.05) is 39.8 Å². The standard InChI is InChI=1S/C12H20N2O3/c1-3-17-12(16)6-4-8-14-9-5-7-13(2)11(15)10-14/h4,6H,3,5,7-10H2,1-2H3/b6-4+. The number of nitrogens with zero attached hydrogens (tertiary/aromatic N) is 2. The van der Waals surface area contributed by atoms with E-state index in [0.717, 1.165) is 19.5 Å². The molecule has 0 spiro atoms. The molecule has 5 nitrogen and oxygen atoms in total. The second-order valence-electron chi connectivity index (χ2n) is 4.06. The summed E-state index contributed by atoms with van der Waals surface area (Å²) in [4.78, 5) is 26.4. The SMILES string of the molecule is CCOC(=O)/C=C/CN1CCCN(C)C(=O)C1. The van der Waals surface area contributed by atoms with Crippen LogP contribution >= 0.6 is 0 Å². The van der Waals surface area contributed by atoms with Gasteiger partial charge in [-0.05, 0) is 13.3 Å². The van der Waals surface area contributed by atoms with Gasteiger partial charge in [0.15, 0.2) is 0 Å². The van der Waals surface area contributed by atoms with Crippen LogP contribution in [0.4, 0.5) is 0 Å². The highest BCUT2D eigenvalue weighted by Crippen LogP contribution is 2.02. The van der Waals surface area contributed by atoms with Crippen LogP contribution in [0.2, 0.25) is 0 Å². The van der Waals surface area contributed by atoms with Crippen LogP contribution in [-0.2, 0) is 14.3 Å². The molecule has 0 aromatic rings. The summed E-state index contributed by atoms with van der Waals surface area (Å²) < 4.78 is 4.77. The van der Waals surface area contributed by atoms with E-state index in [-0.39, 0.29) is 11.9 Å². The average molecular weight is 240 g/mol. The van der Waals surface area contributed by atoms with Gasteiger partial charge in [0.05, 0.1) is 13.2 Å². The summed E-state index contributed by atoms with van der Waals surface area (Å²) >= 11 is 0. The quantitative estimate of drug-likeness (QED) is 0.523. The van der Waals surface area contributed by atoms with Gasteiger partial charge in [0, 0.05) is 32.8 Å². The Morgan fingerprint density at radius 2 is 2.24 bits per heavy atom. The van der Waals surface area contributed by atoms with Crippen molar-refractivity contribution in [1.29, 1.82) is 0 Å². The zero-order chi connectivity index (χ0) is 12.7. The van der Waals surface area contributed by atoms with Crippen molar-refractivity contribution in [3.63, 3.8) is 0 Å². The van der Waals surface area contributed by atoms with Crippen LogP contribution in [0.15, 0.2) is 12.2 Å². The minimum absolute atomic E-state index is 0.132. The molecule has 0 unspecified atom stereocenters. The van der Waals surface area contributed by atoms with E-state index in [9.17, 15) is 9.59 Å². The highest BCUT2D eigenvalue weighted by molar-refractivity contribution is 5.82. The Morgan fingerprint density at radius 1 is 1.47 bits per heavy atom. The lowest BCUT2D eigenvalue weighted by molar-refractivity contribution is -0.137. The molecule has 0 N–H and O–H groups in total. The molecule has 0 aliphatic carbocycles. The van der Waals surface area contributed by atoms with Gasteiger partial charge in [0.1, 0.15) is 0 Å². The molecule has 1 rings (SSSR count). The minimum Gasteiger partial charge on any atom is -0.463 e. The van der Waals surface area contributed by atoms with Crippen molar-refractivity contribution < 1.29 is 14.3 Å². The molecule has 17 heavy (non-hydrogen) atoms. The van der Waals surface area contributed by atoms with Crippen LogP contribution in [0.5, 0.6) is 0 Å². The van der Waals surface area contributed by atoms with Crippen molar-refractivity contribution in [2.45, 2.75) is 13.3 Å². The third-order valence-electron chi connectivity index (χ3n) is 2.66. The number of hydrogen-bond donors (Lipinski definition) is 0. The fraction of sp³-hybridized carbons (Fsp3) is 0.667. The minimum atomic E-state index is -0.328. The molecular formula is C12H20N2O3. The molecule has 5 heteroatoms. The van der Waals surface area contributed by atoms with Gasteiger partial charge in [0.25, 0.3) is 0 Å². The van der Waals surface area contributed by atoms with Crippen molar-refractivity contribution in [3.8, 4) is 0 Å². The van der Waals surface area contributed by atoms with E-state index >= 15 is 0 Å². The molecule has 0 atom stereocenters. The molecule has 1 heterocycles. The highest BCUT2D eigenvalue weighted by Gasteiger charge is 2.17. The van der Waals surface area contributed by atoms with Crippen molar-refractivity contribution in [2.24, 2.45) is 0 Å². The Morgan fingerprint density at radius 3 is 2.94 bits per heavy atom. The number of carbonyl (C=O) groups is 2. The molecule has 0 aromatic carbocycles. The van der Waals surface area contributed by atoms with Crippen molar-refractivity contribution >= 4 is 11.9 Å². The van der Waals surface area contributed by atoms with Gasteiger partial charge in [0.2, 0.25) is 5.91 Å². The second-order valence-corrected chi connectivity index (χ2v) is 4.06. The van der Waals surface area contributed by atoms with Gasteiger partial charge < -0.3 is 9.64 Å². The number of amides is 1. The topological polar surface area (TPSA) is 49.9 Å². The summed E-state index contributed by atoms with van der Waals surface area (Å²) in [7, 11) is 1.82. The van der Waals surface area contributed by atoms with E-state index in [1.54, 1.807) is 17.9 Å². The summed E-state index contributed by atoms with van der Waals surface area (Å²) in [5.41, 5.74) is 0. The number of carbonyl (C=O) groups excluding carboxylic acids is 2. The van der Waals surface area contributed by atoms with Crippen LogP contribution in [0.3, 0.4) is 0 Å². The molecule has 1 saturated heterocycles. The molecule has 1 aliphatic heterocycles. The number of rotatable bonds is 4. The third kappa shape index (κ3) is 4.99. The maximum atomic E-state index is 11.6.